The number of piperazine rings is 1. The van der Waals surface area contributed by atoms with Crippen LogP contribution in [0, 0.1) is 5.41 Å². The van der Waals surface area contributed by atoms with Crippen LogP contribution >= 0.6 is 0 Å². The highest BCUT2D eigenvalue weighted by atomic mass is 16.5. The molecule has 1 aromatic rings. The Kier molecular flexibility index (Phi) is 7.99. The molecule has 2 saturated heterocycles. The van der Waals surface area contributed by atoms with Gasteiger partial charge in [0.05, 0.1) is 11.8 Å². The van der Waals surface area contributed by atoms with Gasteiger partial charge in [-0.1, -0.05) is 25.0 Å². The molecule has 0 radical (unpaired) electrons. The molecule has 0 unspecified atom stereocenters. The van der Waals surface area contributed by atoms with Crippen LogP contribution in [-0.4, -0.2) is 91.4 Å². The Bertz CT molecular complexity index is 900. The first-order valence-electron chi connectivity index (χ1n) is 13.1. The van der Waals surface area contributed by atoms with Gasteiger partial charge in [0.15, 0.2) is 0 Å². The quantitative estimate of drug-likeness (QED) is 0.529. The lowest BCUT2D eigenvalue weighted by molar-refractivity contribution is -0.157. The summed E-state index contributed by atoms with van der Waals surface area (Å²) in [7, 11) is 1.76. The van der Waals surface area contributed by atoms with Gasteiger partial charge in [0.2, 0.25) is 17.7 Å². The number of likely N-dealkylation sites (N-methyl/N-ethyl adjacent to an activating group) is 1. The monoisotopic (exact) mass is 484 g/mol. The number of hydrogen-bond donors (Lipinski definition) is 0. The number of rotatable bonds is 8. The number of likely N-dealkylation sites (tertiary alicyclic amines) is 1. The molecule has 2 heterocycles. The summed E-state index contributed by atoms with van der Waals surface area (Å²) in [5.41, 5.74) is 0.992. The molecule has 0 atom stereocenters. The number of hydrogen-bond acceptors (Lipinski definition) is 6. The van der Waals surface area contributed by atoms with Gasteiger partial charge in [0.25, 0.3) is 0 Å². The number of anilines is 1. The molecular formula is C27H40N4O4. The minimum absolute atomic E-state index is 0.130. The first-order chi connectivity index (χ1) is 16.8. The SMILES string of the molecule is CC(C)Oc1ccccc1N1CCN(CCN(C)C(=O)CN2C(=O)CC3(CCCC3)CC2=O)CC1. The molecule has 35 heavy (non-hydrogen) atoms. The maximum atomic E-state index is 12.8. The van der Waals surface area contributed by atoms with Crippen molar-refractivity contribution in [3.05, 3.63) is 24.3 Å². The normalized spacial score (nSPS) is 20.7. The zero-order chi connectivity index (χ0) is 25.0. The molecule has 0 N–H and O–H groups in total. The standard InChI is InChI=1S/C27H40N4O4/c1-21(2)35-23-9-5-4-8-22(23)30-16-14-29(15-17-30)13-12-28(3)26(34)20-31-24(32)18-27(19-25(31)33)10-6-7-11-27/h4-5,8-9,21H,6-7,10-20H2,1-3H3. The van der Waals surface area contributed by atoms with Crippen molar-refractivity contribution >= 4 is 23.4 Å². The fourth-order valence-electron chi connectivity index (χ4n) is 5.65. The Morgan fingerprint density at radius 2 is 1.66 bits per heavy atom. The highest BCUT2D eigenvalue weighted by Crippen LogP contribution is 2.46. The second-order valence-electron chi connectivity index (χ2n) is 10.7. The summed E-state index contributed by atoms with van der Waals surface area (Å²) in [5.74, 6) is 0.389. The van der Waals surface area contributed by atoms with Crippen LogP contribution in [0.5, 0.6) is 5.75 Å². The molecule has 3 aliphatic rings. The summed E-state index contributed by atoms with van der Waals surface area (Å²) < 4.78 is 5.98. The molecule has 2 aliphatic heterocycles. The number of para-hydroxylation sites is 2. The van der Waals surface area contributed by atoms with Crippen LogP contribution in [0.2, 0.25) is 0 Å². The van der Waals surface area contributed by atoms with Gasteiger partial charge in [-0.3, -0.25) is 24.2 Å². The summed E-state index contributed by atoms with van der Waals surface area (Å²) in [6, 6.07) is 8.17. The Labute approximate surface area is 209 Å². The van der Waals surface area contributed by atoms with Gasteiger partial charge in [-0.15, -0.1) is 0 Å². The third-order valence-electron chi connectivity index (χ3n) is 7.73. The lowest BCUT2D eigenvalue weighted by Gasteiger charge is -2.38. The van der Waals surface area contributed by atoms with Crippen molar-refractivity contribution < 1.29 is 19.1 Å². The molecule has 1 spiro atoms. The van der Waals surface area contributed by atoms with Crippen LogP contribution in [-0.2, 0) is 14.4 Å². The molecular weight excluding hydrogens is 444 g/mol. The Morgan fingerprint density at radius 1 is 1.03 bits per heavy atom. The van der Waals surface area contributed by atoms with Gasteiger partial charge in [-0.2, -0.15) is 0 Å². The van der Waals surface area contributed by atoms with Gasteiger partial charge >= 0.3 is 0 Å². The van der Waals surface area contributed by atoms with Crippen LogP contribution in [0.25, 0.3) is 0 Å². The third kappa shape index (κ3) is 6.15. The predicted octanol–water partition coefficient (Wildman–Crippen LogP) is 2.76. The van der Waals surface area contributed by atoms with E-state index >= 15 is 0 Å². The van der Waals surface area contributed by atoms with Gasteiger partial charge in [0.1, 0.15) is 12.3 Å². The molecule has 1 aliphatic carbocycles. The molecule has 8 nitrogen and oxygen atoms in total. The van der Waals surface area contributed by atoms with E-state index in [0.29, 0.717) is 19.4 Å². The maximum absolute atomic E-state index is 12.8. The van der Waals surface area contributed by atoms with E-state index in [1.54, 1.807) is 11.9 Å². The molecule has 3 amide bonds. The zero-order valence-electron chi connectivity index (χ0n) is 21.5. The highest BCUT2D eigenvalue weighted by molar-refractivity contribution is 6.01. The average Bonchev–Trinajstić information content (AvgIpc) is 3.27. The van der Waals surface area contributed by atoms with Gasteiger partial charge in [-0.25, -0.2) is 0 Å². The van der Waals surface area contributed by atoms with Crippen molar-refractivity contribution in [3.63, 3.8) is 0 Å². The van der Waals surface area contributed by atoms with Crippen molar-refractivity contribution in [1.29, 1.82) is 0 Å². The summed E-state index contributed by atoms with van der Waals surface area (Å²) >= 11 is 0. The molecule has 0 aromatic heterocycles. The highest BCUT2D eigenvalue weighted by Gasteiger charge is 2.45. The average molecular weight is 485 g/mol. The van der Waals surface area contributed by atoms with Gasteiger partial charge in [-0.05, 0) is 44.2 Å². The summed E-state index contributed by atoms with van der Waals surface area (Å²) in [6.07, 6.45) is 5.04. The maximum Gasteiger partial charge on any atom is 0.242 e. The minimum atomic E-state index is -0.178. The van der Waals surface area contributed by atoms with Crippen molar-refractivity contribution in [2.24, 2.45) is 5.41 Å². The lowest BCUT2D eigenvalue weighted by atomic mass is 9.76. The van der Waals surface area contributed by atoms with E-state index < -0.39 is 0 Å². The van der Waals surface area contributed by atoms with E-state index in [4.69, 9.17) is 4.74 Å². The minimum Gasteiger partial charge on any atom is -0.489 e. The van der Waals surface area contributed by atoms with E-state index in [0.717, 1.165) is 69.8 Å². The van der Waals surface area contributed by atoms with E-state index in [-0.39, 0.29) is 35.8 Å². The third-order valence-corrected chi connectivity index (χ3v) is 7.73. The predicted molar refractivity (Wildman–Crippen MR) is 135 cm³/mol. The molecule has 0 bridgehead atoms. The van der Waals surface area contributed by atoms with Crippen molar-refractivity contribution in [2.75, 3.05) is 57.8 Å². The molecule has 8 heteroatoms. The topological polar surface area (TPSA) is 73.4 Å². The van der Waals surface area contributed by atoms with Crippen LogP contribution < -0.4 is 9.64 Å². The van der Waals surface area contributed by atoms with Crippen molar-refractivity contribution in [3.8, 4) is 5.75 Å². The van der Waals surface area contributed by atoms with Crippen molar-refractivity contribution in [1.82, 2.24) is 14.7 Å². The number of nitrogens with zero attached hydrogens (tertiary/aromatic N) is 4. The largest absolute Gasteiger partial charge is 0.489 e. The Hall–Kier alpha value is -2.61. The first-order valence-corrected chi connectivity index (χ1v) is 13.1. The first kappa shape index (κ1) is 25.5. The number of carbonyl (C=O) groups is 3. The van der Waals surface area contributed by atoms with Crippen LogP contribution in [0.3, 0.4) is 0 Å². The molecule has 192 valence electrons. The fourth-order valence-corrected chi connectivity index (χ4v) is 5.65. The van der Waals surface area contributed by atoms with Crippen LogP contribution in [0.4, 0.5) is 5.69 Å². The fraction of sp³-hybridized carbons (Fsp3) is 0.667. The molecule has 1 saturated carbocycles. The molecule has 3 fully saturated rings. The van der Waals surface area contributed by atoms with Crippen LogP contribution in [0.15, 0.2) is 24.3 Å². The Morgan fingerprint density at radius 3 is 2.29 bits per heavy atom. The van der Waals surface area contributed by atoms with Crippen LogP contribution in [0.1, 0.15) is 52.4 Å². The van der Waals surface area contributed by atoms with Gasteiger partial charge < -0.3 is 14.5 Å². The molecule has 4 rings (SSSR count). The lowest BCUT2D eigenvalue weighted by Crippen LogP contribution is -2.52. The summed E-state index contributed by atoms with van der Waals surface area (Å²) in [6.45, 7) is 8.89. The second-order valence-corrected chi connectivity index (χ2v) is 10.7. The van der Waals surface area contributed by atoms with E-state index in [1.807, 2.05) is 32.0 Å². The smallest absolute Gasteiger partial charge is 0.242 e. The number of amides is 3. The van der Waals surface area contributed by atoms with Crippen molar-refractivity contribution in [2.45, 2.75) is 58.5 Å². The number of benzene rings is 1. The van der Waals surface area contributed by atoms with E-state index in [1.165, 1.54) is 4.90 Å². The second kappa shape index (κ2) is 11.0. The Balaban J connectivity index is 1.22. The zero-order valence-corrected chi connectivity index (χ0v) is 21.5. The summed E-state index contributed by atoms with van der Waals surface area (Å²) in [5, 5.41) is 0. The van der Waals surface area contributed by atoms with E-state index in [2.05, 4.69) is 15.9 Å². The number of ether oxygens (including phenoxy) is 1. The van der Waals surface area contributed by atoms with E-state index in [9.17, 15) is 14.4 Å². The van der Waals surface area contributed by atoms with Gasteiger partial charge in [0, 0.05) is 59.2 Å². The number of imide groups is 1. The number of piperidine rings is 1. The molecule has 1 aromatic carbocycles. The summed E-state index contributed by atoms with van der Waals surface area (Å²) in [4.78, 5) is 45.7. The number of carbonyl (C=O) groups excluding carboxylic acids is 3.